The van der Waals surface area contributed by atoms with Crippen LogP contribution in [0.2, 0.25) is 18.1 Å². The van der Waals surface area contributed by atoms with E-state index in [2.05, 4.69) is 39.2 Å². The summed E-state index contributed by atoms with van der Waals surface area (Å²) in [5.41, 5.74) is 0.0152. The zero-order valence-electron chi connectivity index (χ0n) is 16.6. The summed E-state index contributed by atoms with van der Waals surface area (Å²) < 4.78 is 46.0. The van der Waals surface area contributed by atoms with Gasteiger partial charge in [-0.3, -0.25) is 4.79 Å². The molecule has 0 bridgehead atoms. The van der Waals surface area contributed by atoms with Crippen LogP contribution in [0.15, 0.2) is 42.5 Å². The van der Waals surface area contributed by atoms with Crippen molar-refractivity contribution in [2.24, 2.45) is 0 Å². The first-order valence-corrected chi connectivity index (χ1v) is 12.0. The van der Waals surface area contributed by atoms with E-state index >= 15 is 0 Å². The van der Waals surface area contributed by atoms with Gasteiger partial charge in [0.1, 0.15) is 5.75 Å². The van der Waals surface area contributed by atoms with Gasteiger partial charge >= 0.3 is 6.18 Å². The van der Waals surface area contributed by atoms with Crippen molar-refractivity contribution in [2.75, 3.05) is 5.32 Å². The van der Waals surface area contributed by atoms with E-state index in [0.29, 0.717) is 16.9 Å². The Kier molecular flexibility index (Phi) is 4.86. The van der Waals surface area contributed by atoms with Crippen LogP contribution in [0.3, 0.4) is 0 Å². The molecule has 0 spiro atoms. The summed E-state index contributed by atoms with van der Waals surface area (Å²) in [6.45, 7) is 10.7. The number of halogens is 3. The minimum atomic E-state index is -4.52. The summed E-state index contributed by atoms with van der Waals surface area (Å²) in [4.78, 5) is 12.5. The van der Waals surface area contributed by atoms with Crippen LogP contribution in [0, 0.1) is 0 Å². The molecule has 2 aromatic rings. The highest BCUT2D eigenvalue weighted by Gasteiger charge is 2.41. The van der Waals surface area contributed by atoms with Crippen LogP contribution >= 0.6 is 0 Å². The molecule has 0 saturated heterocycles. The van der Waals surface area contributed by atoms with Crippen molar-refractivity contribution in [2.45, 2.75) is 51.0 Å². The highest BCUT2D eigenvalue weighted by atomic mass is 28.4. The molecule has 2 aromatic carbocycles. The van der Waals surface area contributed by atoms with Gasteiger partial charge in [0, 0.05) is 0 Å². The molecule has 1 amide bonds. The van der Waals surface area contributed by atoms with Gasteiger partial charge in [-0.1, -0.05) is 45.0 Å². The minimum absolute atomic E-state index is 0.0456. The molecule has 28 heavy (non-hydrogen) atoms. The lowest BCUT2D eigenvalue weighted by Crippen LogP contribution is -2.43. The van der Waals surface area contributed by atoms with Crippen molar-refractivity contribution in [3.8, 4) is 5.75 Å². The third kappa shape index (κ3) is 3.67. The molecular weight excluding hydrogens is 383 g/mol. The summed E-state index contributed by atoms with van der Waals surface area (Å²) in [6.07, 6.45) is -4.52. The Morgan fingerprint density at radius 3 is 2.14 bits per heavy atom. The van der Waals surface area contributed by atoms with E-state index in [4.69, 9.17) is 4.43 Å². The van der Waals surface area contributed by atoms with E-state index in [-0.39, 0.29) is 10.7 Å². The number of carbonyl (C=O) groups excluding carboxylic acids is 1. The zero-order chi connectivity index (χ0) is 20.9. The molecule has 7 heteroatoms. The number of para-hydroxylation sites is 1. The van der Waals surface area contributed by atoms with Crippen LogP contribution in [-0.2, 0) is 11.0 Å². The first-order valence-electron chi connectivity index (χ1n) is 9.11. The molecule has 3 rings (SSSR count). The van der Waals surface area contributed by atoms with Crippen LogP contribution < -0.4 is 9.74 Å². The number of rotatable bonds is 3. The average Bonchev–Trinajstić information content (AvgIpc) is 2.89. The molecule has 1 N–H and O–H groups in total. The number of hydrogen-bond donors (Lipinski definition) is 1. The first kappa shape index (κ1) is 20.5. The van der Waals surface area contributed by atoms with Gasteiger partial charge in [0.05, 0.1) is 17.2 Å². The molecule has 150 valence electrons. The van der Waals surface area contributed by atoms with Gasteiger partial charge in [-0.05, 0) is 47.5 Å². The van der Waals surface area contributed by atoms with Crippen LogP contribution in [0.1, 0.15) is 43.4 Å². The number of anilines is 1. The maximum Gasteiger partial charge on any atom is 0.418 e. The van der Waals surface area contributed by atoms with Gasteiger partial charge in [-0.25, -0.2) is 0 Å². The molecule has 0 saturated carbocycles. The molecule has 1 unspecified atom stereocenters. The molecular formula is C21H24F3NO2Si. The first-order chi connectivity index (χ1) is 12.8. The van der Waals surface area contributed by atoms with Crippen molar-refractivity contribution in [3.63, 3.8) is 0 Å². The smallest absolute Gasteiger partial charge is 0.418 e. The fourth-order valence-electron chi connectivity index (χ4n) is 3.03. The largest absolute Gasteiger partial charge is 0.544 e. The standard InChI is InChI=1S/C21H24F3NO2Si/c1-20(2,3)28(4,5)27-14-11-9-13(10-12-14)17-15-7-6-8-16(21(22,23)24)18(15)25-19(17)26/h6-12,17H,1-5H3,(H,25,26). The molecule has 3 nitrogen and oxygen atoms in total. The molecule has 0 aliphatic carbocycles. The number of carbonyl (C=O) groups is 1. The molecule has 1 heterocycles. The molecule has 1 aliphatic heterocycles. The molecule has 0 fully saturated rings. The lowest BCUT2D eigenvalue weighted by atomic mass is 9.91. The van der Waals surface area contributed by atoms with E-state index < -0.39 is 31.9 Å². The Balaban J connectivity index is 1.92. The fraction of sp³-hybridized carbons (Fsp3) is 0.381. The van der Waals surface area contributed by atoms with E-state index in [0.717, 1.165) is 6.07 Å². The highest BCUT2D eigenvalue weighted by molar-refractivity contribution is 6.74. The summed E-state index contributed by atoms with van der Waals surface area (Å²) >= 11 is 0. The second kappa shape index (κ2) is 6.65. The Hall–Kier alpha value is -2.28. The topological polar surface area (TPSA) is 38.3 Å². The third-order valence-corrected chi connectivity index (χ3v) is 9.97. The van der Waals surface area contributed by atoms with E-state index in [9.17, 15) is 18.0 Å². The van der Waals surface area contributed by atoms with Crippen LogP contribution in [0.5, 0.6) is 5.75 Å². The number of fused-ring (bicyclic) bond motifs is 1. The number of amides is 1. The number of nitrogens with one attached hydrogen (secondary N) is 1. The SMILES string of the molecule is CC(C)(C)[Si](C)(C)Oc1ccc(C2C(=O)Nc3c2cccc3C(F)(F)F)cc1. The van der Waals surface area contributed by atoms with Crippen molar-refractivity contribution in [3.05, 3.63) is 59.2 Å². The molecule has 1 aliphatic rings. The number of alkyl halides is 3. The molecule has 0 aromatic heterocycles. The van der Waals surface area contributed by atoms with Gasteiger partial charge in [0.25, 0.3) is 0 Å². The third-order valence-electron chi connectivity index (χ3n) is 5.62. The van der Waals surface area contributed by atoms with Crippen LogP contribution in [-0.4, -0.2) is 14.2 Å². The fourth-order valence-corrected chi connectivity index (χ4v) is 4.06. The van der Waals surface area contributed by atoms with E-state index in [1.807, 2.05) is 0 Å². The summed E-state index contributed by atoms with van der Waals surface area (Å²) in [5, 5.41) is 2.46. The van der Waals surface area contributed by atoms with Gasteiger partial charge < -0.3 is 9.74 Å². The number of hydrogen-bond acceptors (Lipinski definition) is 2. The monoisotopic (exact) mass is 407 g/mol. The second-order valence-electron chi connectivity index (χ2n) is 8.62. The summed E-state index contributed by atoms with van der Waals surface area (Å²) in [6, 6.07) is 11.0. The normalized spacial score (nSPS) is 17.3. The Labute approximate surface area is 164 Å². The number of benzene rings is 2. The molecule has 0 radical (unpaired) electrons. The molecule has 1 atom stereocenters. The van der Waals surface area contributed by atoms with Crippen LogP contribution in [0.25, 0.3) is 0 Å². The average molecular weight is 408 g/mol. The van der Waals surface area contributed by atoms with Crippen molar-refractivity contribution < 1.29 is 22.4 Å². The Morgan fingerprint density at radius 2 is 1.61 bits per heavy atom. The maximum absolute atomic E-state index is 13.2. The quantitative estimate of drug-likeness (QED) is 0.618. The van der Waals surface area contributed by atoms with Crippen molar-refractivity contribution in [1.29, 1.82) is 0 Å². The Bertz CT molecular complexity index is 899. The Morgan fingerprint density at radius 1 is 1.00 bits per heavy atom. The van der Waals surface area contributed by atoms with Crippen molar-refractivity contribution in [1.82, 2.24) is 0 Å². The van der Waals surface area contributed by atoms with Gasteiger partial charge in [-0.15, -0.1) is 0 Å². The van der Waals surface area contributed by atoms with Crippen molar-refractivity contribution >= 4 is 19.9 Å². The van der Waals surface area contributed by atoms with Gasteiger partial charge in [-0.2, -0.15) is 13.2 Å². The lowest BCUT2D eigenvalue weighted by Gasteiger charge is -2.36. The second-order valence-corrected chi connectivity index (χ2v) is 13.3. The predicted molar refractivity (Wildman–Crippen MR) is 106 cm³/mol. The summed E-state index contributed by atoms with van der Waals surface area (Å²) in [5.74, 6) is -0.512. The van der Waals surface area contributed by atoms with E-state index in [1.54, 1.807) is 30.3 Å². The zero-order valence-corrected chi connectivity index (χ0v) is 17.6. The minimum Gasteiger partial charge on any atom is -0.544 e. The van der Waals surface area contributed by atoms with Gasteiger partial charge in [0.15, 0.2) is 0 Å². The van der Waals surface area contributed by atoms with Gasteiger partial charge in [0.2, 0.25) is 14.2 Å². The predicted octanol–water partition coefficient (Wildman–Crippen LogP) is 6.17. The maximum atomic E-state index is 13.2. The lowest BCUT2D eigenvalue weighted by molar-refractivity contribution is -0.136. The van der Waals surface area contributed by atoms with Crippen LogP contribution in [0.4, 0.5) is 18.9 Å². The summed E-state index contributed by atoms with van der Waals surface area (Å²) in [7, 11) is -2.00. The highest BCUT2D eigenvalue weighted by Crippen LogP contribution is 2.45. The van der Waals surface area contributed by atoms with E-state index in [1.165, 1.54) is 6.07 Å².